The van der Waals surface area contributed by atoms with E-state index in [9.17, 15) is 48.3 Å². The molecule has 74 heavy (non-hydrogen) atoms. The fourth-order valence-corrected chi connectivity index (χ4v) is 8.26. The third kappa shape index (κ3) is 51.6. The van der Waals surface area contributed by atoms with Gasteiger partial charge in [0.05, 0.1) is 50.7 Å². The highest BCUT2D eigenvalue weighted by Crippen LogP contribution is 2.15. The maximum Gasteiger partial charge on any atom is 0.326 e. The molecule has 0 saturated heterocycles. The molecule has 0 spiro atoms. The van der Waals surface area contributed by atoms with Gasteiger partial charge in [0.15, 0.2) is 0 Å². The Balaban J connectivity index is 0. The average molecular weight is 1100 g/mol. The van der Waals surface area contributed by atoms with E-state index in [0.29, 0.717) is 31.6 Å². The molecule has 0 unspecified atom stereocenters. The molecule has 23 heteroatoms. The SMILES string of the molecule is CC[C@@H](CSCC(=O)NCCNC(=O)COCCOCCNC(=O)COCCOCCCC(=O)CC[C@H](NC(=O)CCCCCCCCCCCCCCCCC(=O)O)C(=O)O)C(=O)O.CSCC[C@H](N)C(C)=O. The van der Waals surface area contributed by atoms with Gasteiger partial charge >= 0.3 is 17.9 Å². The summed E-state index contributed by atoms with van der Waals surface area (Å²) in [7, 11) is 0. The number of hydrogen-bond donors (Lipinski definition) is 8. The van der Waals surface area contributed by atoms with Gasteiger partial charge in [-0.3, -0.25) is 38.4 Å². The van der Waals surface area contributed by atoms with E-state index >= 15 is 0 Å². The second kappa shape index (κ2) is 52.6. The maximum atomic E-state index is 12.3. The molecule has 0 aromatic heterocycles. The highest BCUT2D eigenvalue weighted by atomic mass is 32.2. The van der Waals surface area contributed by atoms with Crippen molar-refractivity contribution in [2.24, 2.45) is 11.7 Å². The number of ketones is 2. The van der Waals surface area contributed by atoms with Gasteiger partial charge < -0.3 is 61.3 Å². The number of carbonyl (C=O) groups is 9. The number of thioether (sulfide) groups is 2. The Morgan fingerprint density at radius 2 is 1.01 bits per heavy atom. The Kier molecular flexibility index (Phi) is 51.3. The van der Waals surface area contributed by atoms with E-state index in [1.807, 2.05) is 6.26 Å². The minimum atomic E-state index is -1.16. The average Bonchev–Trinajstić information content (AvgIpc) is 3.35. The predicted octanol–water partition coefficient (Wildman–Crippen LogP) is 4.93. The van der Waals surface area contributed by atoms with Crippen molar-refractivity contribution < 1.29 is 77.4 Å². The zero-order valence-corrected chi connectivity index (χ0v) is 46.4. The van der Waals surface area contributed by atoms with Crippen LogP contribution < -0.4 is 27.0 Å². The maximum absolute atomic E-state index is 12.3. The van der Waals surface area contributed by atoms with Crippen LogP contribution in [0.3, 0.4) is 0 Å². The predicted molar refractivity (Wildman–Crippen MR) is 287 cm³/mol. The van der Waals surface area contributed by atoms with Crippen LogP contribution in [-0.2, 0) is 62.1 Å². The van der Waals surface area contributed by atoms with Crippen molar-refractivity contribution in [3.05, 3.63) is 0 Å². The number of nitrogens with two attached hydrogens (primary N) is 1. The summed E-state index contributed by atoms with van der Waals surface area (Å²) < 4.78 is 21.4. The first-order chi connectivity index (χ1) is 35.5. The van der Waals surface area contributed by atoms with E-state index in [0.717, 1.165) is 50.7 Å². The van der Waals surface area contributed by atoms with Crippen molar-refractivity contribution >= 4 is 76.6 Å². The minimum absolute atomic E-state index is 0.0257. The first-order valence-electron chi connectivity index (χ1n) is 26.5. The lowest BCUT2D eigenvalue weighted by atomic mass is 10.0. The van der Waals surface area contributed by atoms with Crippen molar-refractivity contribution in [3.8, 4) is 0 Å². The Morgan fingerprint density at radius 3 is 1.50 bits per heavy atom. The zero-order chi connectivity index (χ0) is 55.5. The molecule has 0 aliphatic heterocycles. The van der Waals surface area contributed by atoms with Crippen LogP contribution in [0.5, 0.6) is 0 Å². The smallest absolute Gasteiger partial charge is 0.326 e. The largest absolute Gasteiger partial charge is 0.481 e. The van der Waals surface area contributed by atoms with Gasteiger partial charge in [0.1, 0.15) is 30.8 Å². The number of carboxylic acid groups (broad SMARTS) is 3. The summed E-state index contributed by atoms with van der Waals surface area (Å²) >= 11 is 2.97. The van der Waals surface area contributed by atoms with Crippen LogP contribution in [0, 0.1) is 5.92 Å². The Hall–Kier alpha value is -3.87. The summed E-state index contributed by atoms with van der Waals surface area (Å²) in [5.41, 5.74) is 5.44. The number of rotatable bonds is 52. The molecule has 0 fully saturated rings. The van der Waals surface area contributed by atoms with Crippen LogP contribution in [0.1, 0.15) is 155 Å². The molecule has 0 aliphatic rings. The van der Waals surface area contributed by atoms with Gasteiger partial charge in [-0.15, -0.1) is 0 Å². The molecule has 9 N–H and O–H groups in total. The second-order valence-corrected chi connectivity index (χ2v) is 19.8. The number of aliphatic carboxylic acids is 3. The first-order valence-corrected chi connectivity index (χ1v) is 29.0. The molecule has 3 atom stereocenters. The molecule has 4 amide bonds. The highest BCUT2D eigenvalue weighted by molar-refractivity contribution is 8.00. The lowest BCUT2D eigenvalue weighted by molar-refractivity contribution is -0.142. The zero-order valence-electron chi connectivity index (χ0n) is 44.7. The van der Waals surface area contributed by atoms with Gasteiger partial charge in [-0.2, -0.15) is 23.5 Å². The van der Waals surface area contributed by atoms with Gasteiger partial charge in [0.25, 0.3) is 0 Å². The van der Waals surface area contributed by atoms with Crippen molar-refractivity contribution in [1.82, 2.24) is 21.3 Å². The molecule has 430 valence electrons. The van der Waals surface area contributed by atoms with Gasteiger partial charge in [-0.05, 0) is 57.5 Å². The molecule has 0 bridgehead atoms. The van der Waals surface area contributed by atoms with Crippen molar-refractivity contribution in [3.63, 3.8) is 0 Å². The van der Waals surface area contributed by atoms with Gasteiger partial charge in [-0.1, -0.05) is 84.0 Å². The number of amides is 4. The summed E-state index contributed by atoms with van der Waals surface area (Å²) in [5.74, 6) is -3.03. The molecular formula is C51H93N5O16S2. The lowest BCUT2D eigenvalue weighted by Gasteiger charge is -2.14. The van der Waals surface area contributed by atoms with Crippen LogP contribution in [0.2, 0.25) is 0 Å². The molecular weight excluding hydrogens is 1000 g/mol. The molecule has 0 aromatic rings. The van der Waals surface area contributed by atoms with E-state index in [2.05, 4.69) is 21.3 Å². The quantitative estimate of drug-likeness (QED) is 0.0375. The van der Waals surface area contributed by atoms with E-state index in [1.54, 1.807) is 18.7 Å². The number of unbranched alkanes of at least 4 members (excludes halogenated alkanes) is 13. The third-order valence-electron chi connectivity index (χ3n) is 11.2. The Morgan fingerprint density at radius 1 is 0.527 bits per heavy atom. The van der Waals surface area contributed by atoms with Crippen LogP contribution in [0.25, 0.3) is 0 Å². The summed E-state index contributed by atoms with van der Waals surface area (Å²) in [6, 6.07) is -1.35. The first kappa shape index (κ1) is 72.2. The summed E-state index contributed by atoms with van der Waals surface area (Å²) in [6.07, 6.45) is 19.6. The van der Waals surface area contributed by atoms with Crippen molar-refractivity contribution in [2.45, 2.75) is 167 Å². The molecule has 21 nitrogen and oxygen atoms in total. The van der Waals surface area contributed by atoms with Crippen LogP contribution >= 0.6 is 23.5 Å². The number of carboxylic acids is 3. The fourth-order valence-electron chi connectivity index (χ4n) is 6.70. The number of carbonyl (C=O) groups excluding carboxylic acids is 6. The van der Waals surface area contributed by atoms with Crippen LogP contribution in [0.4, 0.5) is 0 Å². The fraction of sp³-hybridized carbons (Fsp3) is 0.824. The Labute approximate surface area is 448 Å². The summed E-state index contributed by atoms with van der Waals surface area (Å²) in [5, 5.41) is 37.7. The molecule has 0 saturated carbocycles. The summed E-state index contributed by atoms with van der Waals surface area (Å²) in [4.78, 5) is 104. The molecule has 0 rings (SSSR count). The Bertz CT molecular complexity index is 1530. The minimum Gasteiger partial charge on any atom is -0.481 e. The van der Waals surface area contributed by atoms with Crippen molar-refractivity contribution in [1.29, 1.82) is 0 Å². The molecule has 0 heterocycles. The molecule has 0 aliphatic carbocycles. The topological polar surface area (TPSA) is 325 Å². The van der Waals surface area contributed by atoms with Gasteiger partial charge in [0, 0.05) is 57.7 Å². The standard InChI is InChI=1S/C45H80N4O15S.C6H13NOS/c1-2-36(44(57)58)34-65-35-42(54)47-24-23-46-40(52)32-64-31-29-62-27-25-48-41(53)33-63-30-28-61-26-17-18-37(50)21-22-38(45(59)60)49-39(51)19-15-13-11-9-7-5-3-4-6-8-10-12-14-16-20-43(55)56;1-5(8)6(7)3-4-9-2/h36,38H,2-35H2,1H3,(H,46,52)(H,47,54)(H,48,53)(H,49,51)(H,55,56)(H,57,58)(H,59,60);6H,3-4,7H2,1-2H3/t36-,38-;6-/m00/s1. The van der Waals surface area contributed by atoms with Gasteiger partial charge in [0.2, 0.25) is 23.6 Å². The van der Waals surface area contributed by atoms with Crippen LogP contribution in [0.15, 0.2) is 0 Å². The highest BCUT2D eigenvalue weighted by Gasteiger charge is 2.21. The molecule has 0 aromatic carbocycles. The lowest BCUT2D eigenvalue weighted by Crippen LogP contribution is -2.41. The number of ether oxygens (including phenoxy) is 4. The monoisotopic (exact) mass is 1100 g/mol. The van der Waals surface area contributed by atoms with E-state index in [1.165, 1.54) is 63.6 Å². The normalized spacial score (nSPS) is 12.1. The summed E-state index contributed by atoms with van der Waals surface area (Å²) in [6.45, 7) is 4.99. The number of Topliss-reactive ketones (excluding diaryl/α,β-unsaturated/α-hetero) is 2. The van der Waals surface area contributed by atoms with E-state index in [-0.39, 0.29) is 145 Å². The number of hydrogen-bond acceptors (Lipinski definition) is 16. The van der Waals surface area contributed by atoms with Crippen molar-refractivity contribution in [2.75, 3.05) is 96.0 Å². The number of nitrogens with one attached hydrogen (secondary N) is 4. The van der Waals surface area contributed by atoms with E-state index < -0.39 is 29.9 Å². The van der Waals surface area contributed by atoms with Crippen LogP contribution in [-0.4, -0.2) is 177 Å². The van der Waals surface area contributed by atoms with Gasteiger partial charge in [-0.25, -0.2) is 4.79 Å². The van der Waals surface area contributed by atoms with E-state index in [4.69, 9.17) is 34.9 Å². The second-order valence-electron chi connectivity index (χ2n) is 17.8. The molecule has 0 radical (unpaired) electrons. The third-order valence-corrected chi connectivity index (χ3v) is 13.0.